The molecule has 0 aliphatic rings. The van der Waals surface area contributed by atoms with Crippen LogP contribution in [-0.4, -0.2) is 45.8 Å². The summed E-state index contributed by atoms with van der Waals surface area (Å²) in [6.45, 7) is 6.39. The smallest absolute Gasteiger partial charge is 0.243 e. The molecule has 0 aromatic heterocycles. The van der Waals surface area contributed by atoms with Crippen molar-refractivity contribution in [2.45, 2.75) is 32.1 Å². The molecule has 0 radical (unpaired) electrons. The standard InChI is InChI=1S/C21H29N3O3S/c1-6-24(7-2)28(26,27)18-12-13-20(23(4)5)19(15-18)22-21(25)14-17-10-8-16(3)9-11-17/h8-13,15H,6-7,14H2,1-5H3,(H,22,25). The minimum absolute atomic E-state index is 0.174. The van der Waals surface area contributed by atoms with Crippen LogP contribution in [0.1, 0.15) is 25.0 Å². The van der Waals surface area contributed by atoms with Gasteiger partial charge >= 0.3 is 0 Å². The predicted molar refractivity (Wildman–Crippen MR) is 114 cm³/mol. The summed E-state index contributed by atoms with van der Waals surface area (Å²) in [5.41, 5.74) is 3.26. The molecule has 1 amide bonds. The second-order valence-corrected chi connectivity index (χ2v) is 8.81. The third kappa shape index (κ3) is 5.11. The highest BCUT2D eigenvalue weighted by Gasteiger charge is 2.23. The summed E-state index contributed by atoms with van der Waals surface area (Å²) in [6.07, 6.45) is 0.222. The monoisotopic (exact) mass is 403 g/mol. The Kier molecular flexibility index (Phi) is 7.21. The molecule has 0 aliphatic carbocycles. The highest BCUT2D eigenvalue weighted by Crippen LogP contribution is 2.29. The first kappa shape index (κ1) is 21.9. The van der Waals surface area contributed by atoms with E-state index in [0.29, 0.717) is 18.8 Å². The lowest BCUT2D eigenvalue weighted by atomic mass is 10.1. The second-order valence-electron chi connectivity index (χ2n) is 6.87. The average Bonchev–Trinajstić information content (AvgIpc) is 2.64. The summed E-state index contributed by atoms with van der Waals surface area (Å²) in [7, 11) is 0.0993. The molecule has 152 valence electrons. The SMILES string of the molecule is CCN(CC)S(=O)(=O)c1ccc(N(C)C)c(NC(=O)Cc2ccc(C)cc2)c1. The molecule has 6 nitrogen and oxygen atoms in total. The number of sulfonamides is 1. The van der Waals surface area contributed by atoms with Crippen molar-refractivity contribution in [2.24, 2.45) is 0 Å². The Hall–Kier alpha value is -2.38. The van der Waals surface area contributed by atoms with Gasteiger partial charge in [0.1, 0.15) is 0 Å². The maximum atomic E-state index is 12.8. The van der Waals surface area contributed by atoms with E-state index >= 15 is 0 Å². The van der Waals surface area contributed by atoms with Crippen LogP contribution in [-0.2, 0) is 21.2 Å². The van der Waals surface area contributed by atoms with Crippen LogP contribution >= 0.6 is 0 Å². The molecular formula is C21H29N3O3S. The molecule has 0 fully saturated rings. The van der Waals surface area contributed by atoms with Gasteiger partial charge in [-0.3, -0.25) is 4.79 Å². The van der Waals surface area contributed by atoms with E-state index < -0.39 is 10.0 Å². The summed E-state index contributed by atoms with van der Waals surface area (Å²) in [6, 6.07) is 12.6. The van der Waals surface area contributed by atoms with Crippen molar-refractivity contribution in [1.29, 1.82) is 0 Å². The van der Waals surface area contributed by atoms with Gasteiger partial charge in [0.15, 0.2) is 0 Å². The van der Waals surface area contributed by atoms with Gasteiger partial charge in [0.2, 0.25) is 15.9 Å². The van der Waals surface area contributed by atoms with E-state index in [9.17, 15) is 13.2 Å². The number of carbonyl (C=O) groups is 1. The van der Waals surface area contributed by atoms with Crippen LogP contribution in [0.2, 0.25) is 0 Å². The summed E-state index contributed by atoms with van der Waals surface area (Å²) < 4.78 is 27.1. The number of hydrogen-bond donors (Lipinski definition) is 1. The van der Waals surface area contributed by atoms with Crippen LogP contribution in [0.15, 0.2) is 47.4 Å². The molecule has 1 N–H and O–H groups in total. The lowest BCUT2D eigenvalue weighted by Gasteiger charge is -2.22. The van der Waals surface area contributed by atoms with Crippen LogP contribution in [0.3, 0.4) is 0 Å². The second kappa shape index (κ2) is 9.21. The van der Waals surface area contributed by atoms with Crippen molar-refractivity contribution in [2.75, 3.05) is 37.4 Å². The van der Waals surface area contributed by atoms with Gasteiger partial charge in [-0.15, -0.1) is 0 Å². The van der Waals surface area contributed by atoms with Crippen molar-refractivity contribution in [1.82, 2.24) is 4.31 Å². The van der Waals surface area contributed by atoms with Crippen LogP contribution in [0.4, 0.5) is 11.4 Å². The topological polar surface area (TPSA) is 69.7 Å². The minimum atomic E-state index is -3.60. The van der Waals surface area contributed by atoms with E-state index in [0.717, 1.165) is 16.8 Å². The number of nitrogens with one attached hydrogen (secondary N) is 1. The average molecular weight is 404 g/mol. The quantitative estimate of drug-likeness (QED) is 0.734. The lowest BCUT2D eigenvalue weighted by molar-refractivity contribution is -0.115. The van der Waals surface area contributed by atoms with Gasteiger partial charge in [-0.05, 0) is 30.7 Å². The summed E-state index contributed by atoms with van der Waals surface area (Å²) >= 11 is 0. The minimum Gasteiger partial charge on any atom is -0.376 e. The van der Waals surface area contributed by atoms with Crippen molar-refractivity contribution >= 4 is 27.3 Å². The number of anilines is 2. The number of rotatable bonds is 8. The van der Waals surface area contributed by atoms with Crippen molar-refractivity contribution < 1.29 is 13.2 Å². The first-order valence-electron chi connectivity index (χ1n) is 9.36. The maximum Gasteiger partial charge on any atom is 0.243 e. The molecule has 0 saturated carbocycles. The van der Waals surface area contributed by atoms with Gasteiger partial charge in [-0.1, -0.05) is 43.7 Å². The first-order chi connectivity index (χ1) is 13.2. The molecule has 0 heterocycles. The predicted octanol–water partition coefficient (Wildman–Crippen LogP) is 3.27. The molecular weight excluding hydrogens is 374 g/mol. The van der Waals surface area contributed by atoms with Crippen LogP contribution < -0.4 is 10.2 Å². The van der Waals surface area contributed by atoms with Gasteiger partial charge in [0.05, 0.1) is 22.7 Å². The number of hydrogen-bond acceptors (Lipinski definition) is 4. The Morgan fingerprint density at radius 2 is 1.61 bits per heavy atom. The fourth-order valence-corrected chi connectivity index (χ4v) is 4.45. The maximum absolute atomic E-state index is 12.8. The summed E-state index contributed by atoms with van der Waals surface area (Å²) in [5.74, 6) is -0.190. The Balaban J connectivity index is 2.33. The zero-order valence-electron chi connectivity index (χ0n) is 17.2. The first-order valence-corrected chi connectivity index (χ1v) is 10.8. The van der Waals surface area contributed by atoms with E-state index in [1.807, 2.05) is 50.2 Å². The summed E-state index contributed by atoms with van der Waals surface area (Å²) in [4.78, 5) is 14.6. The van der Waals surface area contributed by atoms with Crippen molar-refractivity contribution in [3.63, 3.8) is 0 Å². The number of amides is 1. The van der Waals surface area contributed by atoms with E-state index in [1.54, 1.807) is 26.0 Å². The highest BCUT2D eigenvalue weighted by molar-refractivity contribution is 7.89. The van der Waals surface area contributed by atoms with Crippen LogP contribution in [0, 0.1) is 6.92 Å². The molecule has 0 unspecified atom stereocenters. The number of nitrogens with zero attached hydrogens (tertiary/aromatic N) is 2. The highest BCUT2D eigenvalue weighted by atomic mass is 32.2. The summed E-state index contributed by atoms with van der Waals surface area (Å²) in [5, 5.41) is 2.88. The van der Waals surface area contributed by atoms with Crippen molar-refractivity contribution in [3.8, 4) is 0 Å². The third-order valence-electron chi connectivity index (χ3n) is 4.55. The van der Waals surface area contributed by atoms with Gasteiger partial charge in [0.25, 0.3) is 0 Å². The van der Waals surface area contributed by atoms with Crippen molar-refractivity contribution in [3.05, 3.63) is 53.6 Å². The Labute approximate surface area is 168 Å². The van der Waals surface area contributed by atoms with E-state index in [-0.39, 0.29) is 17.2 Å². The lowest BCUT2D eigenvalue weighted by Crippen LogP contribution is -2.30. The Bertz CT molecular complexity index is 918. The van der Waals surface area contributed by atoms with Crippen LogP contribution in [0.25, 0.3) is 0 Å². The molecule has 0 bridgehead atoms. The van der Waals surface area contributed by atoms with Crippen LogP contribution in [0.5, 0.6) is 0 Å². The molecule has 0 spiro atoms. The molecule has 0 aliphatic heterocycles. The van der Waals surface area contributed by atoms with Gasteiger partial charge in [-0.2, -0.15) is 4.31 Å². The Morgan fingerprint density at radius 1 is 1.00 bits per heavy atom. The van der Waals surface area contributed by atoms with Gasteiger partial charge < -0.3 is 10.2 Å². The largest absolute Gasteiger partial charge is 0.376 e. The van der Waals surface area contributed by atoms with Gasteiger partial charge in [0, 0.05) is 27.2 Å². The van der Waals surface area contributed by atoms with Gasteiger partial charge in [-0.25, -0.2) is 8.42 Å². The molecule has 0 saturated heterocycles. The molecule has 0 atom stereocenters. The van der Waals surface area contributed by atoms with E-state index in [1.165, 1.54) is 10.4 Å². The van der Waals surface area contributed by atoms with E-state index in [4.69, 9.17) is 0 Å². The number of aryl methyl sites for hydroxylation is 1. The molecule has 28 heavy (non-hydrogen) atoms. The number of benzene rings is 2. The third-order valence-corrected chi connectivity index (χ3v) is 6.60. The fourth-order valence-electron chi connectivity index (χ4n) is 2.96. The normalized spacial score (nSPS) is 11.5. The zero-order chi connectivity index (χ0) is 20.9. The molecule has 2 rings (SSSR count). The van der Waals surface area contributed by atoms with E-state index in [2.05, 4.69) is 5.32 Å². The zero-order valence-corrected chi connectivity index (χ0v) is 18.0. The Morgan fingerprint density at radius 3 is 2.14 bits per heavy atom. The molecule has 2 aromatic carbocycles. The number of carbonyl (C=O) groups excluding carboxylic acids is 1. The molecule has 2 aromatic rings. The fraction of sp³-hybridized carbons (Fsp3) is 0.381. The molecule has 7 heteroatoms.